The number of benzene rings is 1. The van der Waals surface area contributed by atoms with E-state index in [0.29, 0.717) is 17.8 Å². The van der Waals surface area contributed by atoms with Crippen molar-refractivity contribution in [1.82, 2.24) is 15.2 Å². The summed E-state index contributed by atoms with van der Waals surface area (Å²) in [4.78, 5) is 33.7. The van der Waals surface area contributed by atoms with Gasteiger partial charge in [-0.25, -0.2) is 9.37 Å². The lowest BCUT2D eigenvalue weighted by Gasteiger charge is -2.33. The highest BCUT2D eigenvalue weighted by molar-refractivity contribution is 6.01. The number of rotatable bonds is 4. The van der Waals surface area contributed by atoms with Gasteiger partial charge in [-0.15, -0.1) is 0 Å². The van der Waals surface area contributed by atoms with E-state index in [4.69, 9.17) is 0 Å². The highest BCUT2D eigenvalue weighted by Crippen LogP contribution is 2.32. The molecule has 0 saturated carbocycles. The summed E-state index contributed by atoms with van der Waals surface area (Å²) >= 11 is 0. The van der Waals surface area contributed by atoms with Gasteiger partial charge in [-0.1, -0.05) is 12.1 Å². The normalized spacial score (nSPS) is 19.4. The van der Waals surface area contributed by atoms with Crippen LogP contribution in [0.15, 0.2) is 36.5 Å². The van der Waals surface area contributed by atoms with Gasteiger partial charge in [0.2, 0.25) is 11.8 Å². The first-order valence-electron chi connectivity index (χ1n) is 9.75. The molecule has 4 rings (SSSR count). The molecule has 0 aliphatic carbocycles. The monoisotopic (exact) mass is 397 g/mol. The molecule has 2 aliphatic heterocycles. The summed E-state index contributed by atoms with van der Waals surface area (Å²) in [5.74, 6) is -0.682. The number of nitrogens with one attached hydrogen (secondary N) is 2. The van der Waals surface area contributed by atoms with E-state index in [9.17, 15) is 14.0 Å². The average molecular weight is 397 g/mol. The van der Waals surface area contributed by atoms with Crippen molar-refractivity contribution in [1.29, 1.82) is 0 Å². The van der Waals surface area contributed by atoms with E-state index in [2.05, 4.69) is 32.5 Å². The molecule has 7 nitrogen and oxygen atoms in total. The predicted octanol–water partition coefficient (Wildman–Crippen LogP) is 1.71. The van der Waals surface area contributed by atoms with Crippen molar-refractivity contribution in [2.24, 2.45) is 0 Å². The molecular weight excluding hydrogens is 373 g/mol. The average Bonchev–Trinajstić information content (AvgIpc) is 2.72. The Kier molecular flexibility index (Phi) is 5.44. The van der Waals surface area contributed by atoms with Crippen LogP contribution in [0, 0.1) is 5.82 Å². The van der Waals surface area contributed by atoms with E-state index in [0.717, 1.165) is 37.6 Å². The second kappa shape index (κ2) is 8.16. The lowest BCUT2D eigenvalue weighted by molar-refractivity contribution is -0.126. The van der Waals surface area contributed by atoms with Gasteiger partial charge in [-0.3, -0.25) is 9.59 Å². The van der Waals surface area contributed by atoms with Crippen LogP contribution in [0.2, 0.25) is 0 Å². The molecule has 1 fully saturated rings. The number of hydrogen-bond donors (Lipinski definition) is 2. The zero-order valence-corrected chi connectivity index (χ0v) is 16.3. The molecule has 2 aliphatic rings. The lowest BCUT2D eigenvalue weighted by atomic mass is 9.89. The van der Waals surface area contributed by atoms with Crippen LogP contribution in [-0.2, 0) is 16.1 Å². The number of hydrogen-bond acceptors (Lipinski definition) is 5. The Balaban J connectivity index is 1.38. The minimum absolute atomic E-state index is 0.0467. The molecule has 2 N–H and O–H groups in total. The van der Waals surface area contributed by atoms with Gasteiger partial charge in [0.05, 0.1) is 5.92 Å². The number of piperazine rings is 1. The zero-order chi connectivity index (χ0) is 20.4. The molecule has 1 aromatic carbocycles. The number of likely N-dealkylation sites (N-methyl/N-ethyl adjacent to an activating group) is 1. The first kappa shape index (κ1) is 19.3. The molecule has 152 valence electrons. The fraction of sp³-hybridized carbons (Fsp3) is 0.381. The molecule has 0 bridgehead atoms. The maximum Gasteiger partial charge on any atom is 0.228 e. The molecule has 29 heavy (non-hydrogen) atoms. The lowest BCUT2D eigenvalue weighted by Crippen LogP contribution is -2.44. The van der Waals surface area contributed by atoms with E-state index >= 15 is 0 Å². The Morgan fingerprint density at radius 3 is 2.76 bits per heavy atom. The molecule has 1 saturated heterocycles. The summed E-state index contributed by atoms with van der Waals surface area (Å²) < 4.78 is 13.4. The highest BCUT2D eigenvalue weighted by Gasteiger charge is 2.30. The summed E-state index contributed by atoms with van der Waals surface area (Å²) in [6.45, 7) is 4.25. The third kappa shape index (κ3) is 4.37. The third-order valence-corrected chi connectivity index (χ3v) is 5.47. The second-order valence-corrected chi connectivity index (χ2v) is 7.57. The molecule has 2 aromatic rings. The van der Waals surface area contributed by atoms with Crippen molar-refractivity contribution in [3.05, 3.63) is 53.5 Å². The van der Waals surface area contributed by atoms with Gasteiger partial charge in [0, 0.05) is 51.0 Å². The number of aromatic nitrogens is 1. The maximum absolute atomic E-state index is 13.4. The largest absolute Gasteiger partial charge is 0.354 e. The van der Waals surface area contributed by atoms with Gasteiger partial charge in [0.1, 0.15) is 11.6 Å². The van der Waals surface area contributed by atoms with Crippen LogP contribution in [0.4, 0.5) is 15.9 Å². The summed E-state index contributed by atoms with van der Waals surface area (Å²) in [6, 6.07) is 8.03. The Morgan fingerprint density at radius 2 is 2.03 bits per heavy atom. The molecule has 1 atom stereocenters. The van der Waals surface area contributed by atoms with Crippen molar-refractivity contribution >= 4 is 23.3 Å². The second-order valence-electron chi connectivity index (χ2n) is 7.57. The van der Waals surface area contributed by atoms with Gasteiger partial charge >= 0.3 is 0 Å². The molecule has 0 spiro atoms. The quantitative estimate of drug-likeness (QED) is 0.822. The molecule has 2 amide bonds. The summed E-state index contributed by atoms with van der Waals surface area (Å²) in [7, 11) is 2.11. The number of halogens is 1. The van der Waals surface area contributed by atoms with Crippen LogP contribution in [0.25, 0.3) is 0 Å². The van der Waals surface area contributed by atoms with E-state index in [1.165, 1.54) is 12.1 Å². The first-order chi connectivity index (χ1) is 14.0. The number of carbonyl (C=O) groups excluding carboxylic acids is 2. The number of nitrogens with zero attached hydrogens (tertiary/aromatic N) is 3. The fourth-order valence-electron chi connectivity index (χ4n) is 3.73. The molecule has 3 heterocycles. The van der Waals surface area contributed by atoms with E-state index in [1.54, 1.807) is 12.3 Å². The minimum atomic E-state index is -0.628. The van der Waals surface area contributed by atoms with Crippen molar-refractivity contribution in [3.8, 4) is 0 Å². The topological polar surface area (TPSA) is 77.6 Å². The van der Waals surface area contributed by atoms with Crippen LogP contribution in [0.1, 0.15) is 23.5 Å². The van der Waals surface area contributed by atoms with Gasteiger partial charge in [0.15, 0.2) is 0 Å². The van der Waals surface area contributed by atoms with E-state index in [-0.39, 0.29) is 18.2 Å². The number of fused-ring (bicyclic) bond motifs is 1. The van der Waals surface area contributed by atoms with Gasteiger partial charge in [-0.2, -0.15) is 0 Å². The Labute approximate surface area is 168 Å². The molecule has 1 aromatic heterocycles. The van der Waals surface area contributed by atoms with Gasteiger partial charge in [0.25, 0.3) is 0 Å². The van der Waals surface area contributed by atoms with Crippen LogP contribution in [-0.4, -0.2) is 54.9 Å². The van der Waals surface area contributed by atoms with Crippen LogP contribution < -0.4 is 15.5 Å². The van der Waals surface area contributed by atoms with Crippen LogP contribution in [0.5, 0.6) is 0 Å². The Hall–Kier alpha value is -3.00. The van der Waals surface area contributed by atoms with Crippen molar-refractivity contribution in [3.63, 3.8) is 0 Å². The summed E-state index contributed by atoms with van der Waals surface area (Å²) in [6.07, 6.45) is 1.82. The summed E-state index contributed by atoms with van der Waals surface area (Å²) in [5, 5.41) is 5.50. The number of amides is 2. The summed E-state index contributed by atoms with van der Waals surface area (Å²) in [5.41, 5.74) is 1.88. The van der Waals surface area contributed by atoms with Gasteiger partial charge < -0.3 is 20.4 Å². The maximum atomic E-state index is 13.4. The predicted molar refractivity (Wildman–Crippen MR) is 108 cm³/mol. The minimum Gasteiger partial charge on any atom is -0.354 e. The molecular formula is C21H24FN5O2. The standard InChI is InChI=1S/C21H24FN5O2/c1-26-6-8-27(9-7-26)19-5-2-14(12-23-19)13-24-21(29)17-11-20(28)25-18-10-15(22)3-4-16(17)18/h2-5,10,12,17H,6-9,11,13H2,1H3,(H,24,29)(H,25,28)/t17-/m1/s1. The Bertz CT molecular complexity index is 910. The zero-order valence-electron chi connectivity index (χ0n) is 16.3. The van der Waals surface area contributed by atoms with E-state index in [1.807, 2.05) is 12.1 Å². The molecule has 8 heteroatoms. The fourth-order valence-corrected chi connectivity index (χ4v) is 3.73. The van der Waals surface area contributed by atoms with E-state index < -0.39 is 11.7 Å². The number of pyridine rings is 1. The van der Waals surface area contributed by atoms with Crippen molar-refractivity contribution in [2.45, 2.75) is 18.9 Å². The molecule has 0 unspecified atom stereocenters. The van der Waals surface area contributed by atoms with Crippen molar-refractivity contribution < 1.29 is 14.0 Å². The van der Waals surface area contributed by atoms with Crippen molar-refractivity contribution in [2.75, 3.05) is 43.4 Å². The third-order valence-electron chi connectivity index (χ3n) is 5.47. The SMILES string of the molecule is CN1CCN(c2ccc(CNC(=O)[C@@H]3CC(=O)Nc4cc(F)ccc43)cn2)CC1. The number of anilines is 2. The van der Waals surface area contributed by atoms with Gasteiger partial charge in [-0.05, 0) is 36.4 Å². The number of carbonyl (C=O) groups is 2. The van der Waals surface area contributed by atoms with Crippen LogP contribution in [0.3, 0.4) is 0 Å². The smallest absolute Gasteiger partial charge is 0.228 e. The first-order valence-corrected chi connectivity index (χ1v) is 9.75. The molecule has 0 radical (unpaired) electrons. The Morgan fingerprint density at radius 1 is 1.24 bits per heavy atom. The van der Waals surface area contributed by atoms with Crippen LogP contribution >= 0.6 is 0 Å². The highest BCUT2D eigenvalue weighted by atomic mass is 19.1.